The molecule has 0 radical (unpaired) electrons. The van der Waals surface area contributed by atoms with Gasteiger partial charge in [-0.15, -0.1) is 10.2 Å². The SMILES string of the molecule is COc1cc(OC)c(Nc2nc(-c3nnc(-c4ccccc4)o3)nc3ccccc23)cc1Cl. The molecule has 0 aliphatic rings. The summed E-state index contributed by atoms with van der Waals surface area (Å²) < 4.78 is 16.7. The van der Waals surface area contributed by atoms with Crippen LogP contribution in [0.3, 0.4) is 0 Å². The second-order valence-corrected chi connectivity index (χ2v) is 7.41. The summed E-state index contributed by atoms with van der Waals surface area (Å²) >= 11 is 6.34. The summed E-state index contributed by atoms with van der Waals surface area (Å²) in [5.74, 6) is 2.48. The molecule has 164 valence electrons. The third-order valence-corrected chi connectivity index (χ3v) is 5.26. The summed E-state index contributed by atoms with van der Waals surface area (Å²) in [7, 11) is 3.12. The number of para-hydroxylation sites is 1. The molecule has 0 spiro atoms. The summed E-state index contributed by atoms with van der Waals surface area (Å²) in [6.07, 6.45) is 0. The van der Waals surface area contributed by atoms with Gasteiger partial charge in [-0.2, -0.15) is 0 Å². The number of nitrogens with one attached hydrogen (secondary N) is 1. The zero-order chi connectivity index (χ0) is 22.8. The van der Waals surface area contributed by atoms with Crippen LogP contribution in [0.1, 0.15) is 0 Å². The Kier molecular flexibility index (Phi) is 5.50. The molecule has 1 N–H and O–H groups in total. The summed E-state index contributed by atoms with van der Waals surface area (Å²) in [5.41, 5.74) is 2.14. The van der Waals surface area contributed by atoms with Crippen LogP contribution in [-0.2, 0) is 0 Å². The lowest BCUT2D eigenvalue weighted by Crippen LogP contribution is -2.01. The Morgan fingerprint density at radius 1 is 0.818 bits per heavy atom. The second-order valence-electron chi connectivity index (χ2n) is 7.00. The van der Waals surface area contributed by atoms with Crippen molar-refractivity contribution in [3.8, 4) is 34.7 Å². The minimum atomic E-state index is 0.211. The van der Waals surface area contributed by atoms with Crippen molar-refractivity contribution in [3.05, 3.63) is 71.8 Å². The minimum Gasteiger partial charge on any atom is -0.495 e. The molecule has 8 nitrogen and oxygen atoms in total. The molecule has 2 aromatic heterocycles. The highest BCUT2D eigenvalue weighted by molar-refractivity contribution is 6.32. The molecular formula is C24H18ClN5O3. The quantitative estimate of drug-likeness (QED) is 0.342. The highest BCUT2D eigenvalue weighted by Gasteiger charge is 2.18. The van der Waals surface area contributed by atoms with E-state index >= 15 is 0 Å². The van der Waals surface area contributed by atoms with Crippen LogP contribution in [0.25, 0.3) is 34.1 Å². The Hall–Kier alpha value is -4.17. The highest BCUT2D eigenvalue weighted by Crippen LogP contribution is 2.38. The molecule has 0 amide bonds. The zero-order valence-electron chi connectivity index (χ0n) is 17.7. The van der Waals surface area contributed by atoms with Gasteiger partial charge in [-0.25, -0.2) is 9.97 Å². The fraction of sp³-hybridized carbons (Fsp3) is 0.0833. The largest absolute Gasteiger partial charge is 0.495 e. The van der Waals surface area contributed by atoms with Crippen molar-refractivity contribution in [1.29, 1.82) is 0 Å². The molecule has 0 saturated carbocycles. The second kappa shape index (κ2) is 8.76. The number of benzene rings is 3. The zero-order valence-corrected chi connectivity index (χ0v) is 18.5. The average molecular weight is 460 g/mol. The molecule has 0 saturated heterocycles. The van der Waals surface area contributed by atoms with E-state index in [1.165, 1.54) is 0 Å². The van der Waals surface area contributed by atoms with Crippen molar-refractivity contribution in [1.82, 2.24) is 20.2 Å². The van der Waals surface area contributed by atoms with E-state index in [1.54, 1.807) is 26.4 Å². The number of methoxy groups -OCH3 is 2. The maximum atomic E-state index is 6.34. The van der Waals surface area contributed by atoms with Crippen molar-refractivity contribution >= 4 is 34.0 Å². The molecule has 33 heavy (non-hydrogen) atoms. The van der Waals surface area contributed by atoms with Gasteiger partial charge >= 0.3 is 0 Å². The number of aromatic nitrogens is 4. The Morgan fingerprint density at radius 3 is 2.33 bits per heavy atom. The number of hydrogen-bond donors (Lipinski definition) is 1. The van der Waals surface area contributed by atoms with E-state index in [-0.39, 0.29) is 5.89 Å². The van der Waals surface area contributed by atoms with Crippen molar-refractivity contribution in [2.45, 2.75) is 0 Å². The van der Waals surface area contributed by atoms with Crippen LogP contribution in [0.5, 0.6) is 11.5 Å². The molecule has 3 aromatic carbocycles. The van der Waals surface area contributed by atoms with E-state index < -0.39 is 0 Å². The maximum Gasteiger partial charge on any atom is 0.286 e. The molecule has 0 fully saturated rings. The monoisotopic (exact) mass is 459 g/mol. The Balaban J connectivity index is 1.60. The van der Waals surface area contributed by atoms with Crippen LogP contribution in [0.2, 0.25) is 5.02 Å². The van der Waals surface area contributed by atoms with E-state index in [0.717, 1.165) is 10.9 Å². The minimum absolute atomic E-state index is 0.211. The molecule has 5 aromatic rings. The lowest BCUT2D eigenvalue weighted by atomic mass is 10.2. The average Bonchev–Trinajstić information content (AvgIpc) is 3.35. The number of ether oxygens (including phenoxy) is 2. The third kappa shape index (κ3) is 4.04. The topological polar surface area (TPSA) is 95.2 Å². The first-order valence-electron chi connectivity index (χ1n) is 10.0. The Bertz CT molecular complexity index is 1440. The lowest BCUT2D eigenvalue weighted by molar-refractivity contribution is 0.396. The first kappa shape index (κ1) is 20.7. The van der Waals surface area contributed by atoms with E-state index in [0.29, 0.717) is 45.3 Å². The van der Waals surface area contributed by atoms with Gasteiger partial charge in [0.05, 0.1) is 30.4 Å². The van der Waals surface area contributed by atoms with Gasteiger partial charge in [0.15, 0.2) is 0 Å². The van der Waals surface area contributed by atoms with Crippen LogP contribution >= 0.6 is 11.6 Å². The molecule has 9 heteroatoms. The van der Waals surface area contributed by atoms with Crippen molar-refractivity contribution in [2.75, 3.05) is 19.5 Å². The van der Waals surface area contributed by atoms with Gasteiger partial charge in [0.25, 0.3) is 5.89 Å². The smallest absolute Gasteiger partial charge is 0.286 e. The van der Waals surface area contributed by atoms with E-state index in [9.17, 15) is 0 Å². The lowest BCUT2D eigenvalue weighted by Gasteiger charge is -2.15. The number of nitrogens with zero attached hydrogens (tertiary/aromatic N) is 4. The Morgan fingerprint density at radius 2 is 1.55 bits per heavy atom. The number of rotatable bonds is 6. The molecule has 0 atom stereocenters. The van der Waals surface area contributed by atoms with Gasteiger partial charge in [0.2, 0.25) is 11.7 Å². The first-order valence-corrected chi connectivity index (χ1v) is 10.4. The predicted octanol–water partition coefficient (Wildman–Crippen LogP) is 5.76. The molecule has 0 bridgehead atoms. The normalized spacial score (nSPS) is 10.9. The standard InChI is InChI=1S/C24H18ClN5O3/c1-31-19-13-20(32-2)18(12-16(19)25)27-21-15-10-6-7-11-17(15)26-22(28-21)24-30-29-23(33-24)14-8-4-3-5-9-14/h3-13H,1-2H3,(H,26,27,28). The predicted molar refractivity (Wildman–Crippen MR) is 126 cm³/mol. The van der Waals surface area contributed by atoms with Gasteiger partial charge in [-0.1, -0.05) is 41.9 Å². The molecule has 0 aliphatic heterocycles. The molecule has 0 aliphatic carbocycles. The Labute approximate surface area is 194 Å². The van der Waals surface area contributed by atoms with Gasteiger partial charge in [-0.3, -0.25) is 0 Å². The van der Waals surface area contributed by atoms with Gasteiger partial charge in [0, 0.05) is 17.0 Å². The summed E-state index contributed by atoms with van der Waals surface area (Å²) in [6.45, 7) is 0. The van der Waals surface area contributed by atoms with Gasteiger partial charge in [-0.05, 0) is 30.3 Å². The van der Waals surface area contributed by atoms with Crippen LogP contribution in [0.4, 0.5) is 11.5 Å². The summed E-state index contributed by atoms with van der Waals surface area (Å²) in [4.78, 5) is 9.29. The first-order chi connectivity index (χ1) is 16.2. The fourth-order valence-electron chi connectivity index (χ4n) is 3.36. The number of halogens is 1. The molecule has 0 unspecified atom stereocenters. The highest BCUT2D eigenvalue weighted by atomic mass is 35.5. The van der Waals surface area contributed by atoms with E-state index in [1.807, 2.05) is 54.6 Å². The van der Waals surface area contributed by atoms with Crippen molar-refractivity contribution in [3.63, 3.8) is 0 Å². The fourth-order valence-corrected chi connectivity index (χ4v) is 3.60. The summed E-state index contributed by atoms with van der Waals surface area (Å²) in [6, 6.07) is 20.6. The molecule has 2 heterocycles. The maximum absolute atomic E-state index is 6.34. The number of fused-ring (bicyclic) bond motifs is 1. The molecular weight excluding hydrogens is 442 g/mol. The van der Waals surface area contributed by atoms with Crippen LogP contribution < -0.4 is 14.8 Å². The van der Waals surface area contributed by atoms with E-state index in [4.69, 9.17) is 25.5 Å². The third-order valence-electron chi connectivity index (χ3n) is 4.97. The number of anilines is 2. The van der Waals surface area contributed by atoms with Crippen LogP contribution in [-0.4, -0.2) is 34.4 Å². The van der Waals surface area contributed by atoms with Crippen LogP contribution in [0.15, 0.2) is 71.1 Å². The summed E-state index contributed by atoms with van der Waals surface area (Å²) in [5, 5.41) is 12.8. The van der Waals surface area contributed by atoms with Crippen LogP contribution in [0, 0.1) is 0 Å². The van der Waals surface area contributed by atoms with E-state index in [2.05, 4.69) is 25.5 Å². The van der Waals surface area contributed by atoms with Gasteiger partial charge < -0.3 is 19.2 Å². The van der Waals surface area contributed by atoms with Crippen molar-refractivity contribution < 1.29 is 13.9 Å². The molecule has 5 rings (SSSR count). The van der Waals surface area contributed by atoms with Gasteiger partial charge in [0.1, 0.15) is 17.3 Å². The number of hydrogen-bond acceptors (Lipinski definition) is 8. The van der Waals surface area contributed by atoms with Crippen molar-refractivity contribution in [2.24, 2.45) is 0 Å².